The summed E-state index contributed by atoms with van der Waals surface area (Å²) < 4.78 is 11.3. The van der Waals surface area contributed by atoms with Crippen LogP contribution in [0.5, 0.6) is 11.5 Å². The van der Waals surface area contributed by atoms with Crippen LogP contribution >= 0.6 is 0 Å². The first-order valence-corrected chi connectivity index (χ1v) is 10.2. The lowest BCUT2D eigenvalue weighted by Crippen LogP contribution is -2.18. The Kier molecular flexibility index (Phi) is 6.18. The predicted molar refractivity (Wildman–Crippen MR) is 124 cm³/mol. The molecular formula is C25H27N3O2. The highest BCUT2D eigenvalue weighted by molar-refractivity contribution is 5.88. The van der Waals surface area contributed by atoms with Crippen molar-refractivity contribution in [1.29, 1.82) is 0 Å². The van der Waals surface area contributed by atoms with E-state index in [9.17, 15) is 0 Å². The number of anilines is 3. The summed E-state index contributed by atoms with van der Waals surface area (Å²) in [6.07, 6.45) is 4.25. The number of para-hydroxylation sites is 1. The number of rotatable bonds is 7. The fraction of sp³-hybridized carbons (Fsp3) is 0.240. The van der Waals surface area contributed by atoms with Crippen molar-refractivity contribution in [3.05, 3.63) is 72.3 Å². The van der Waals surface area contributed by atoms with Crippen LogP contribution < -0.4 is 19.7 Å². The third kappa shape index (κ3) is 4.57. The van der Waals surface area contributed by atoms with Crippen molar-refractivity contribution in [3.63, 3.8) is 0 Å². The molecule has 0 unspecified atom stereocenters. The maximum Gasteiger partial charge on any atom is 0.143 e. The van der Waals surface area contributed by atoms with Crippen LogP contribution in [0.4, 0.5) is 22.7 Å². The average molecular weight is 402 g/mol. The Morgan fingerprint density at radius 3 is 2.17 bits per heavy atom. The monoisotopic (exact) mass is 401 g/mol. The second kappa shape index (κ2) is 9.35. The van der Waals surface area contributed by atoms with Gasteiger partial charge >= 0.3 is 0 Å². The average Bonchev–Trinajstić information content (AvgIpc) is 3.33. The second-order valence-electron chi connectivity index (χ2n) is 7.26. The Bertz CT molecular complexity index is 995. The lowest BCUT2D eigenvalue weighted by molar-refractivity contribution is 0.402. The molecule has 1 N–H and O–H groups in total. The zero-order valence-corrected chi connectivity index (χ0v) is 17.5. The number of hydrogen-bond acceptors (Lipinski definition) is 5. The molecule has 0 atom stereocenters. The molecule has 0 saturated carbocycles. The summed E-state index contributed by atoms with van der Waals surface area (Å²) in [5, 5.41) is 3.38. The van der Waals surface area contributed by atoms with Gasteiger partial charge in [0.1, 0.15) is 11.5 Å². The van der Waals surface area contributed by atoms with E-state index in [0.29, 0.717) is 0 Å². The standard InChI is InChI=1S/C25H27N3O2/c1-29-24-17-23(28-14-6-7-15-28)25(30-2)16-19(24)18-26-20-10-12-22(13-11-20)27-21-8-4-3-5-9-21/h3-5,8-13,16-18,27H,6-7,14-15H2,1-2H3. The van der Waals surface area contributed by atoms with Crippen molar-refractivity contribution in [2.24, 2.45) is 4.99 Å². The van der Waals surface area contributed by atoms with Crippen LogP contribution in [0.2, 0.25) is 0 Å². The van der Waals surface area contributed by atoms with Gasteiger partial charge in [0.2, 0.25) is 0 Å². The van der Waals surface area contributed by atoms with Crippen LogP contribution in [0.3, 0.4) is 0 Å². The number of ether oxygens (including phenoxy) is 2. The van der Waals surface area contributed by atoms with Crippen molar-refractivity contribution in [1.82, 2.24) is 0 Å². The van der Waals surface area contributed by atoms with Crippen molar-refractivity contribution in [3.8, 4) is 11.5 Å². The zero-order valence-electron chi connectivity index (χ0n) is 17.5. The molecule has 154 valence electrons. The van der Waals surface area contributed by atoms with Crippen molar-refractivity contribution < 1.29 is 9.47 Å². The number of nitrogens with one attached hydrogen (secondary N) is 1. The summed E-state index contributed by atoms with van der Waals surface area (Å²) in [6.45, 7) is 2.10. The van der Waals surface area contributed by atoms with Crippen LogP contribution in [-0.4, -0.2) is 33.5 Å². The summed E-state index contributed by atoms with van der Waals surface area (Å²) in [5.74, 6) is 1.64. The molecule has 4 rings (SSSR count). The molecule has 0 aromatic heterocycles. The smallest absolute Gasteiger partial charge is 0.143 e. The highest BCUT2D eigenvalue weighted by Gasteiger charge is 2.19. The molecule has 1 aliphatic heterocycles. The first-order valence-electron chi connectivity index (χ1n) is 10.2. The molecule has 30 heavy (non-hydrogen) atoms. The van der Waals surface area contributed by atoms with Crippen molar-refractivity contribution in [2.75, 3.05) is 37.5 Å². The van der Waals surface area contributed by atoms with Crippen LogP contribution in [0.25, 0.3) is 0 Å². The van der Waals surface area contributed by atoms with Gasteiger partial charge in [-0.05, 0) is 55.3 Å². The number of aliphatic imine (C=N–C) groups is 1. The Hall–Kier alpha value is -3.47. The van der Waals surface area contributed by atoms with Gasteiger partial charge in [-0.25, -0.2) is 0 Å². The van der Waals surface area contributed by atoms with E-state index in [-0.39, 0.29) is 0 Å². The fourth-order valence-electron chi connectivity index (χ4n) is 3.67. The van der Waals surface area contributed by atoms with Gasteiger partial charge in [-0.15, -0.1) is 0 Å². The molecule has 3 aromatic rings. The molecule has 1 saturated heterocycles. The van der Waals surface area contributed by atoms with Gasteiger partial charge in [0.05, 0.1) is 25.6 Å². The lowest BCUT2D eigenvalue weighted by Gasteiger charge is -2.22. The fourth-order valence-corrected chi connectivity index (χ4v) is 3.67. The molecule has 5 nitrogen and oxygen atoms in total. The van der Waals surface area contributed by atoms with E-state index in [2.05, 4.69) is 21.3 Å². The Morgan fingerprint density at radius 2 is 1.50 bits per heavy atom. The normalized spacial score (nSPS) is 13.6. The van der Waals surface area contributed by atoms with Crippen LogP contribution in [0.15, 0.2) is 71.7 Å². The Balaban J connectivity index is 1.52. The summed E-state index contributed by atoms with van der Waals surface area (Å²) in [4.78, 5) is 6.98. The van der Waals surface area contributed by atoms with Crippen molar-refractivity contribution >= 4 is 29.0 Å². The van der Waals surface area contributed by atoms with E-state index < -0.39 is 0 Å². The SMILES string of the molecule is COc1cc(N2CCCC2)c(OC)cc1C=Nc1ccc(Nc2ccccc2)cc1. The summed E-state index contributed by atoms with van der Waals surface area (Å²) in [7, 11) is 3.40. The first kappa shape index (κ1) is 19.8. The number of hydrogen-bond donors (Lipinski definition) is 1. The van der Waals surface area contributed by atoms with Gasteiger partial charge in [-0.3, -0.25) is 4.99 Å². The number of methoxy groups -OCH3 is 2. The second-order valence-corrected chi connectivity index (χ2v) is 7.26. The molecule has 0 radical (unpaired) electrons. The summed E-state index contributed by atoms with van der Waals surface area (Å²) in [6, 6.07) is 22.2. The van der Waals surface area contributed by atoms with Gasteiger partial charge < -0.3 is 19.7 Å². The highest BCUT2D eigenvalue weighted by Crippen LogP contribution is 2.36. The molecule has 1 heterocycles. The topological polar surface area (TPSA) is 46.1 Å². The van der Waals surface area contributed by atoms with Gasteiger partial charge in [0.25, 0.3) is 0 Å². The van der Waals surface area contributed by atoms with E-state index in [1.165, 1.54) is 12.8 Å². The zero-order chi connectivity index (χ0) is 20.8. The van der Waals surface area contributed by atoms with E-state index in [1.54, 1.807) is 14.2 Å². The van der Waals surface area contributed by atoms with Gasteiger partial charge in [0.15, 0.2) is 0 Å². The molecule has 5 heteroatoms. The first-order chi connectivity index (χ1) is 14.8. The highest BCUT2D eigenvalue weighted by atomic mass is 16.5. The van der Waals surface area contributed by atoms with Crippen LogP contribution in [0, 0.1) is 0 Å². The molecule has 0 amide bonds. The minimum atomic E-state index is 0.795. The van der Waals surface area contributed by atoms with Crippen molar-refractivity contribution in [2.45, 2.75) is 12.8 Å². The van der Waals surface area contributed by atoms with E-state index in [4.69, 9.17) is 9.47 Å². The van der Waals surface area contributed by atoms with Gasteiger partial charge in [-0.2, -0.15) is 0 Å². The summed E-state index contributed by atoms with van der Waals surface area (Å²) >= 11 is 0. The lowest BCUT2D eigenvalue weighted by atomic mass is 10.1. The van der Waals surface area contributed by atoms with E-state index in [0.717, 1.165) is 52.9 Å². The molecule has 0 bridgehead atoms. The number of benzene rings is 3. The van der Waals surface area contributed by atoms with Crippen LogP contribution in [0.1, 0.15) is 18.4 Å². The minimum absolute atomic E-state index is 0.795. The molecule has 0 spiro atoms. The molecule has 3 aromatic carbocycles. The van der Waals surface area contributed by atoms with E-state index >= 15 is 0 Å². The molecule has 0 aliphatic carbocycles. The maximum atomic E-state index is 5.66. The molecule has 1 aliphatic rings. The third-order valence-corrected chi connectivity index (χ3v) is 5.26. The largest absolute Gasteiger partial charge is 0.496 e. The number of nitrogens with zero attached hydrogens (tertiary/aromatic N) is 2. The van der Waals surface area contributed by atoms with Gasteiger partial charge in [-0.1, -0.05) is 18.2 Å². The molecule has 1 fully saturated rings. The van der Waals surface area contributed by atoms with E-state index in [1.807, 2.05) is 66.9 Å². The van der Waals surface area contributed by atoms with Crippen LogP contribution in [-0.2, 0) is 0 Å². The minimum Gasteiger partial charge on any atom is -0.496 e. The Labute approximate surface area is 178 Å². The third-order valence-electron chi connectivity index (χ3n) is 5.26. The Morgan fingerprint density at radius 1 is 0.833 bits per heavy atom. The predicted octanol–water partition coefficient (Wildman–Crippen LogP) is 5.80. The quantitative estimate of drug-likeness (QED) is 0.508. The molecular weight excluding hydrogens is 374 g/mol. The maximum absolute atomic E-state index is 5.66. The summed E-state index contributed by atoms with van der Waals surface area (Å²) in [5.41, 5.74) is 4.93. The van der Waals surface area contributed by atoms with Gasteiger partial charge in [0, 0.05) is 42.3 Å².